The van der Waals surface area contributed by atoms with E-state index in [0.717, 1.165) is 25.0 Å². The molecule has 3 N–H and O–H groups in total. The van der Waals surface area contributed by atoms with Gasteiger partial charge in [-0.05, 0) is 25.0 Å². The van der Waals surface area contributed by atoms with E-state index in [4.69, 9.17) is 0 Å². The number of nitrogens with zero attached hydrogens (tertiary/aromatic N) is 1. The molecule has 0 spiro atoms. The summed E-state index contributed by atoms with van der Waals surface area (Å²) in [7, 11) is 0. The number of aliphatic hydroxyl groups is 1. The number of rotatable bonds is 8. The summed E-state index contributed by atoms with van der Waals surface area (Å²) in [4.78, 5) is 4.08. The molecule has 0 aliphatic rings. The van der Waals surface area contributed by atoms with Gasteiger partial charge in [0.05, 0.1) is 11.7 Å². The smallest absolute Gasteiger partial charge is 0.391 e. The van der Waals surface area contributed by atoms with Gasteiger partial charge in [0, 0.05) is 13.1 Å². The molecule has 0 saturated heterocycles. The van der Waals surface area contributed by atoms with Gasteiger partial charge >= 0.3 is 6.18 Å². The van der Waals surface area contributed by atoms with E-state index in [1.165, 1.54) is 0 Å². The van der Waals surface area contributed by atoms with Gasteiger partial charge in [0.15, 0.2) is 0 Å². The highest BCUT2D eigenvalue weighted by Gasteiger charge is 2.31. The third kappa shape index (κ3) is 6.20. The lowest BCUT2D eigenvalue weighted by Gasteiger charge is -2.15. The number of halogens is 3. The van der Waals surface area contributed by atoms with Gasteiger partial charge in [-0.3, -0.25) is 0 Å². The summed E-state index contributed by atoms with van der Waals surface area (Å²) >= 11 is 0. The van der Waals surface area contributed by atoms with Gasteiger partial charge < -0.3 is 15.7 Å². The summed E-state index contributed by atoms with van der Waals surface area (Å²) in [6.45, 7) is 4.57. The predicted molar refractivity (Wildman–Crippen MR) is 77.4 cm³/mol. The lowest BCUT2D eigenvalue weighted by Crippen LogP contribution is -2.20. The van der Waals surface area contributed by atoms with E-state index in [1.807, 2.05) is 13.8 Å². The first-order valence-electron chi connectivity index (χ1n) is 7.11. The molecule has 7 heteroatoms. The molecule has 0 aliphatic carbocycles. The Labute approximate surface area is 122 Å². The van der Waals surface area contributed by atoms with Gasteiger partial charge in [-0.1, -0.05) is 20.3 Å². The van der Waals surface area contributed by atoms with E-state index in [2.05, 4.69) is 15.6 Å². The van der Waals surface area contributed by atoms with Crippen molar-refractivity contribution in [3.63, 3.8) is 0 Å². The summed E-state index contributed by atoms with van der Waals surface area (Å²) in [5.41, 5.74) is -0.761. The van der Waals surface area contributed by atoms with E-state index in [-0.39, 0.29) is 18.2 Å². The molecule has 1 unspecified atom stereocenters. The van der Waals surface area contributed by atoms with Crippen LogP contribution in [0.4, 0.5) is 24.8 Å². The fourth-order valence-electron chi connectivity index (χ4n) is 1.79. The van der Waals surface area contributed by atoms with Crippen LogP contribution in [0.5, 0.6) is 0 Å². The molecule has 0 aromatic carbocycles. The van der Waals surface area contributed by atoms with Gasteiger partial charge in [0.25, 0.3) is 0 Å². The highest BCUT2D eigenvalue weighted by Crippen LogP contribution is 2.32. The molecule has 4 nitrogen and oxygen atoms in total. The summed E-state index contributed by atoms with van der Waals surface area (Å²) in [6, 6.07) is 1.94. The van der Waals surface area contributed by atoms with E-state index < -0.39 is 17.8 Å². The fourth-order valence-corrected chi connectivity index (χ4v) is 1.79. The number of aromatic nitrogens is 1. The van der Waals surface area contributed by atoms with Crippen LogP contribution in [0.1, 0.15) is 38.7 Å². The molecule has 1 atom stereocenters. The third-order valence-corrected chi connectivity index (χ3v) is 2.85. The first kappa shape index (κ1) is 17.6. The molecule has 1 aromatic rings. The zero-order valence-corrected chi connectivity index (χ0v) is 12.3. The van der Waals surface area contributed by atoms with E-state index in [0.29, 0.717) is 13.0 Å². The van der Waals surface area contributed by atoms with Crippen molar-refractivity contribution in [3.8, 4) is 0 Å². The van der Waals surface area contributed by atoms with Crippen molar-refractivity contribution in [1.82, 2.24) is 4.98 Å². The largest absolute Gasteiger partial charge is 0.416 e. The standard InChI is InChI=1S/C14H22F3N3O/c1-3-5-11(21)9-19-13-8-10(14(15,16)17)7-12(20-13)18-6-4-2/h7-8,11,21H,3-6,9H2,1-2H3,(H2,18,19,20). The Kier molecular flexibility index (Phi) is 6.74. The normalized spacial score (nSPS) is 13.0. The maximum absolute atomic E-state index is 12.9. The van der Waals surface area contributed by atoms with Crippen LogP contribution in [0.25, 0.3) is 0 Å². The Morgan fingerprint density at radius 2 is 1.76 bits per heavy atom. The quantitative estimate of drug-likeness (QED) is 0.688. The molecule has 0 fully saturated rings. The number of anilines is 2. The second-order valence-corrected chi connectivity index (χ2v) is 4.87. The minimum Gasteiger partial charge on any atom is -0.391 e. The van der Waals surface area contributed by atoms with Crippen molar-refractivity contribution in [1.29, 1.82) is 0 Å². The van der Waals surface area contributed by atoms with Crippen molar-refractivity contribution in [2.75, 3.05) is 23.7 Å². The van der Waals surface area contributed by atoms with Gasteiger partial charge in [-0.25, -0.2) is 4.98 Å². The van der Waals surface area contributed by atoms with Crippen LogP contribution in [-0.2, 0) is 6.18 Å². The summed E-state index contributed by atoms with van der Waals surface area (Å²) < 4.78 is 38.6. The lowest BCUT2D eigenvalue weighted by molar-refractivity contribution is -0.137. The molecular formula is C14H22F3N3O. The van der Waals surface area contributed by atoms with Crippen LogP contribution >= 0.6 is 0 Å². The zero-order chi connectivity index (χ0) is 15.9. The minimum atomic E-state index is -4.43. The monoisotopic (exact) mass is 305 g/mol. The number of hydrogen-bond donors (Lipinski definition) is 3. The van der Waals surface area contributed by atoms with Crippen molar-refractivity contribution in [2.45, 2.75) is 45.4 Å². The predicted octanol–water partition coefficient (Wildman–Crippen LogP) is 3.50. The van der Waals surface area contributed by atoms with Crippen LogP contribution in [0.15, 0.2) is 12.1 Å². The molecule has 0 bridgehead atoms. The van der Waals surface area contributed by atoms with Gasteiger partial charge in [0.2, 0.25) is 0 Å². The molecule has 0 radical (unpaired) electrons. The highest BCUT2D eigenvalue weighted by molar-refractivity contribution is 5.49. The molecule has 0 saturated carbocycles. The van der Waals surface area contributed by atoms with Crippen molar-refractivity contribution in [2.24, 2.45) is 0 Å². The summed E-state index contributed by atoms with van der Waals surface area (Å²) in [5.74, 6) is 0.290. The topological polar surface area (TPSA) is 57.2 Å². The number of hydrogen-bond acceptors (Lipinski definition) is 4. The minimum absolute atomic E-state index is 0.110. The Bertz CT molecular complexity index is 438. The molecule has 1 rings (SSSR count). The first-order valence-corrected chi connectivity index (χ1v) is 7.11. The average molecular weight is 305 g/mol. The number of nitrogens with one attached hydrogen (secondary N) is 2. The maximum atomic E-state index is 12.9. The van der Waals surface area contributed by atoms with Crippen LogP contribution < -0.4 is 10.6 Å². The average Bonchev–Trinajstić information content (AvgIpc) is 2.42. The van der Waals surface area contributed by atoms with E-state index >= 15 is 0 Å². The molecule has 0 aliphatic heterocycles. The second kappa shape index (κ2) is 8.07. The van der Waals surface area contributed by atoms with Crippen LogP contribution in [0.3, 0.4) is 0 Å². The Hall–Kier alpha value is -1.50. The number of pyridine rings is 1. The second-order valence-electron chi connectivity index (χ2n) is 4.87. The maximum Gasteiger partial charge on any atom is 0.416 e. The van der Waals surface area contributed by atoms with Crippen molar-refractivity contribution < 1.29 is 18.3 Å². The number of aliphatic hydroxyl groups excluding tert-OH is 1. The highest BCUT2D eigenvalue weighted by atomic mass is 19.4. The summed E-state index contributed by atoms with van der Waals surface area (Å²) in [6.07, 6.45) is -2.84. The first-order chi connectivity index (χ1) is 9.86. The number of alkyl halides is 3. The third-order valence-electron chi connectivity index (χ3n) is 2.85. The Balaban J connectivity index is 2.85. The molecule has 0 amide bonds. The van der Waals surface area contributed by atoms with Crippen molar-refractivity contribution >= 4 is 11.6 Å². The lowest BCUT2D eigenvalue weighted by atomic mass is 10.2. The van der Waals surface area contributed by atoms with Gasteiger partial charge in [-0.2, -0.15) is 13.2 Å². The molecule has 21 heavy (non-hydrogen) atoms. The van der Waals surface area contributed by atoms with Crippen LogP contribution in [0, 0.1) is 0 Å². The Morgan fingerprint density at radius 1 is 1.14 bits per heavy atom. The molecule has 120 valence electrons. The molecular weight excluding hydrogens is 283 g/mol. The summed E-state index contributed by atoms with van der Waals surface area (Å²) in [5, 5.41) is 15.2. The fraction of sp³-hybridized carbons (Fsp3) is 0.643. The van der Waals surface area contributed by atoms with Crippen molar-refractivity contribution in [3.05, 3.63) is 17.7 Å². The van der Waals surface area contributed by atoms with Gasteiger partial charge in [0.1, 0.15) is 11.6 Å². The van der Waals surface area contributed by atoms with E-state index in [1.54, 1.807) is 0 Å². The molecule has 1 heterocycles. The Morgan fingerprint density at radius 3 is 2.29 bits per heavy atom. The van der Waals surface area contributed by atoms with Crippen LogP contribution in [0.2, 0.25) is 0 Å². The SMILES string of the molecule is CCCNc1cc(C(F)(F)F)cc(NCC(O)CCC)n1. The molecule has 1 aromatic heterocycles. The van der Waals surface area contributed by atoms with Crippen LogP contribution in [-0.4, -0.2) is 29.3 Å². The zero-order valence-electron chi connectivity index (χ0n) is 12.3. The van der Waals surface area contributed by atoms with Gasteiger partial charge in [-0.15, -0.1) is 0 Å². The van der Waals surface area contributed by atoms with E-state index in [9.17, 15) is 18.3 Å².